The molecule has 4 fully saturated rings. The van der Waals surface area contributed by atoms with Gasteiger partial charge >= 0.3 is 6.03 Å². The lowest BCUT2D eigenvalue weighted by Gasteiger charge is -2.41. The summed E-state index contributed by atoms with van der Waals surface area (Å²) < 4.78 is 0. The van der Waals surface area contributed by atoms with E-state index in [0.29, 0.717) is 18.8 Å². The van der Waals surface area contributed by atoms with Crippen molar-refractivity contribution in [3.63, 3.8) is 0 Å². The van der Waals surface area contributed by atoms with E-state index >= 15 is 0 Å². The van der Waals surface area contributed by atoms with E-state index in [1.807, 2.05) is 0 Å². The van der Waals surface area contributed by atoms with Crippen molar-refractivity contribution in [1.82, 2.24) is 20.7 Å². The summed E-state index contributed by atoms with van der Waals surface area (Å²) in [4.78, 5) is 39.6. The molecule has 2 heterocycles. The first-order valence-electron chi connectivity index (χ1n) is 10.3. The van der Waals surface area contributed by atoms with Crippen LogP contribution in [-0.4, -0.2) is 52.9 Å². The second kappa shape index (κ2) is 7.18. The Hall–Kier alpha value is -1.63. The molecule has 2 unspecified atom stereocenters. The Bertz CT molecular complexity index is 587. The predicted molar refractivity (Wildman–Crippen MR) is 95.8 cm³/mol. The number of amides is 4. The molecular formula is C19H30N4O3. The third kappa shape index (κ3) is 3.33. The highest BCUT2D eigenvalue weighted by Crippen LogP contribution is 2.36. The summed E-state index contributed by atoms with van der Waals surface area (Å²) in [6.07, 6.45) is 10.7. The zero-order valence-electron chi connectivity index (χ0n) is 15.5. The van der Waals surface area contributed by atoms with Gasteiger partial charge in [0.05, 0.1) is 6.54 Å². The molecule has 0 aromatic heterocycles. The number of fused-ring (bicyclic) bond motifs is 1. The van der Waals surface area contributed by atoms with Gasteiger partial charge in [-0.15, -0.1) is 0 Å². The lowest BCUT2D eigenvalue weighted by atomic mass is 9.75. The molecule has 2 aliphatic carbocycles. The zero-order chi connectivity index (χ0) is 18.1. The van der Waals surface area contributed by atoms with E-state index in [4.69, 9.17) is 0 Å². The van der Waals surface area contributed by atoms with Crippen LogP contribution >= 0.6 is 0 Å². The fourth-order valence-corrected chi connectivity index (χ4v) is 5.40. The molecule has 0 aromatic rings. The van der Waals surface area contributed by atoms with Crippen LogP contribution in [0.5, 0.6) is 0 Å². The number of hydrogen-bond acceptors (Lipinski definition) is 4. The number of imide groups is 1. The topological polar surface area (TPSA) is 81.8 Å². The Labute approximate surface area is 154 Å². The fraction of sp³-hybridized carbons (Fsp3) is 0.842. The largest absolute Gasteiger partial charge is 0.344 e. The molecule has 1 spiro atoms. The molecule has 4 aliphatic rings. The highest BCUT2D eigenvalue weighted by Gasteiger charge is 2.52. The summed E-state index contributed by atoms with van der Waals surface area (Å²) in [7, 11) is 0. The number of nitrogens with zero attached hydrogens (tertiary/aromatic N) is 2. The third-order valence-corrected chi connectivity index (χ3v) is 6.85. The molecule has 2 atom stereocenters. The summed E-state index contributed by atoms with van der Waals surface area (Å²) in [6.45, 7) is 2.15. The second-order valence-corrected chi connectivity index (χ2v) is 8.58. The average molecular weight is 362 g/mol. The summed E-state index contributed by atoms with van der Waals surface area (Å²) in [5.74, 6) is 0.963. The Balaban J connectivity index is 1.32. The Morgan fingerprint density at radius 2 is 1.77 bits per heavy atom. The maximum atomic E-state index is 12.7. The van der Waals surface area contributed by atoms with Gasteiger partial charge in [0.15, 0.2) is 0 Å². The van der Waals surface area contributed by atoms with Crippen molar-refractivity contribution in [1.29, 1.82) is 0 Å². The maximum absolute atomic E-state index is 12.7. The van der Waals surface area contributed by atoms with Gasteiger partial charge < -0.3 is 5.32 Å². The zero-order valence-corrected chi connectivity index (χ0v) is 15.5. The van der Waals surface area contributed by atoms with E-state index in [9.17, 15) is 14.4 Å². The molecule has 4 amide bonds. The first-order chi connectivity index (χ1) is 12.6. The van der Waals surface area contributed by atoms with Crippen molar-refractivity contribution in [3.05, 3.63) is 0 Å². The maximum Gasteiger partial charge on any atom is 0.344 e. The van der Waals surface area contributed by atoms with Gasteiger partial charge in [-0.25, -0.2) is 4.79 Å². The van der Waals surface area contributed by atoms with E-state index in [2.05, 4.69) is 15.6 Å². The van der Waals surface area contributed by atoms with Gasteiger partial charge in [-0.1, -0.05) is 38.5 Å². The highest BCUT2D eigenvalue weighted by atomic mass is 16.2. The SMILES string of the molecule is O=C(CN1CCC2CCCCC2C1)NN1C(=O)NC2(CCCCC2)C1=O. The van der Waals surface area contributed by atoms with Crippen molar-refractivity contribution in [2.45, 2.75) is 69.7 Å². The monoisotopic (exact) mass is 362 g/mol. The van der Waals surface area contributed by atoms with Crippen LogP contribution in [-0.2, 0) is 9.59 Å². The molecule has 4 rings (SSSR count). The molecule has 0 bridgehead atoms. The normalized spacial score (nSPS) is 31.6. The summed E-state index contributed by atoms with van der Waals surface area (Å²) >= 11 is 0. The van der Waals surface area contributed by atoms with Crippen LogP contribution in [0, 0.1) is 11.8 Å². The summed E-state index contributed by atoms with van der Waals surface area (Å²) in [5.41, 5.74) is 1.77. The molecular weight excluding hydrogens is 332 g/mol. The molecule has 2 N–H and O–H groups in total. The Morgan fingerprint density at radius 1 is 1.04 bits per heavy atom. The average Bonchev–Trinajstić information content (AvgIpc) is 2.86. The van der Waals surface area contributed by atoms with Gasteiger partial charge in [0.25, 0.3) is 11.8 Å². The molecule has 7 heteroatoms. The Morgan fingerprint density at radius 3 is 2.54 bits per heavy atom. The minimum Gasteiger partial charge on any atom is -0.322 e. The number of rotatable bonds is 3. The molecule has 2 saturated heterocycles. The molecule has 0 aromatic carbocycles. The van der Waals surface area contributed by atoms with Crippen LogP contribution in [0.15, 0.2) is 0 Å². The van der Waals surface area contributed by atoms with E-state index in [1.165, 1.54) is 25.7 Å². The number of likely N-dealkylation sites (tertiary alicyclic amines) is 1. The number of urea groups is 1. The predicted octanol–water partition coefficient (Wildman–Crippen LogP) is 1.78. The lowest BCUT2D eigenvalue weighted by molar-refractivity contribution is -0.140. The van der Waals surface area contributed by atoms with Gasteiger partial charge in [-0.05, 0) is 44.1 Å². The van der Waals surface area contributed by atoms with Crippen LogP contribution in [0.4, 0.5) is 4.79 Å². The van der Waals surface area contributed by atoms with Crippen LogP contribution < -0.4 is 10.7 Å². The second-order valence-electron chi connectivity index (χ2n) is 8.58. The minimum atomic E-state index is -0.789. The van der Waals surface area contributed by atoms with E-state index < -0.39 is 11.6 Å². The third-order valence-electron chi connectivity index (χ3n) is 6.85. The molecule has 7 nitrogen and oxygen atoms in total. The van der Waals surface area contributed by atoms with Crippen LogP contribution in [0.1, 0.15) is 64.2 Å². The quantitative estimate of drug-likeness (QED) is 0.750. The van der Waals surface area contributed by atoms with Gasteiger partial charge in [0.2, 0.25) is 0 Å². The molecule has 2 saturated carbocycles. The first kappa shape index (κ1) is 17.8. The van der Waals surface area contributed by atoms with Crippen LogP contribution in [0.25, 0.3) is 0 Å². The summed E-state index contributed by atoms with van der Waals surface area (Å²) in [6, 6.07) is -0.490. The number of carbonyl (C=O) groups excluding carboxylic acids is 3. The Kier molecular flexibility index (Phi) is 4.90. The molecule has 144 valence electrons. The highest BCUT2D eigenvalue weighted by molar-refractivity contribution is 6.08. The fourth-order valence-electron chi connectivity index (χ4n) is 5.40. The van der Waals surface area contributed by atoms with Crippen LogP contribution in [0.2, 0.25) is 0 Å². The number of hydrazine groups is 1. The van der Waals surface area contributed by atoms with Gasteiger partial charge in [0, 0.05) is 6.54 Å². The van der Waals surface area contributed by atoms with Crippen molar-refractivity contribution >= 4 is 17.8 Å². The number of hydrogen-bond donors (Lipinski definition) is 2. The smallest absolute Gasteiger partial charge is 0.322 e. The van der Waals surface area contributed by atoms with Crippen molar-refractivity contribution in [3.8, 4) is 0 Å². The van der Waals surface area contributed by atoms with Gasteiger partial charge in [-0.2, -0.15) is 5.01 Å². The van der Waals surface area contributed by atoms with Gasteiger partial charge in [-0.3, -0.25) is 19.9 Å². The van der Waals surface area contributed by atoms with Crippen molar-refractivity contribution in [2.24, 2.45) is 11.8 Å². The standard InChI is InChI=1S/C19H30N4O3/c24-16(13-22-11-8-14-6-2-3-7-15(14)12-22)21-23-17(25)19(20-18(23)26)9-4-1-5-10-19/h14-15H,1-13H2,(H,20,26)(H,21,24). The number of carbonyl (C=O) groups is 3. The minimum absolute atomic E-state index is 0.257. The van der Waals surface area contributed by atoms with Gasteiger partial charge in [0.1, 0.15) is 5.54 Å². The molecule has 0 radical (unpaired) electrons. The number of piperidine rings is 1. The van der Waals surface area contributed by atoms with E-state index in [-0.39, 0.29) is 18.4 Å². The van der Waals surface area contributed by atoms with Crippen molar-refractivity contribution < 1.29 is 14.4 Å². The van der Waals surface area contributed by atoms with E-state index in [1.54, 1.807) is 0 Å². The van der Waals surface area contributed by atoms with Crippen molar-refractivity contribution in [2.75, 3.05) is 19.6 Å². The van der Waals surface area contributed by atoms with E-state index in [0.717, 1.165) is 49.7 Å². The number of nitrogens with one attached hydrogen (secondary N) is 2. The molecule has 26 heavy (non-hydrogen) atoms. The van der Waals surface area contributed by atoms with Crippen LogP contribution in [0.3, 0.4) is 0 Å². The summed E-state index contributed by atoms with van der Waals surface area (Å²) in [5, 5.41) is 3.74. The molecule has 2 aliphatic heterocycles. The lowest BCUT2D eigenvalue weighted by Crippen LogP contribution is -2.53. The first-order valence-corrected chi connectivity index (χ1v) is 10.3.